The van der Waals surface area contributed by atoms with Gasteiger partial charge in [-0.2, -0.15) is 0 Å². The fourth-order valence-electron chi connectivity index (χ4n) is 3.81. The molecule has 0 N–H and O–H groups in total. The molecule has 1 heterocycles. The Balaban J connectivity index is 0.000000371. The van der Waals surface area contributed by atoms with Gasteiger partial charge in [0.15, 0.2) is 0 Å². The first-order chi connectivity index (χ1) is 17.0. The van der Waals surface area contributed by atoms with Crippen molar-refractivity contribution in [2.75, 3.05) is 0 Å². The van der Waals surface area contributed by atoms with Crippen molar-refractivity contribution >= 4 is 40.3 Å². The molecule has 1 aliphatic carbocycles. The van der Waals surface area contributed by atoms with Gasteiger partial charge in [-0.05, 0) is 49.4 Å². The SMILES string of the molecule is C=C/C=C\C(C)=C\C.CC.CC1C=CC(SO/N=C2\CC(C)Sc3ccc4ccccc4c32)CC1. The summed E-state index contributed by atoms with van der Waals surface area (Å²) in [7, 11) is 0. The molecule has 188 valence electrons. The first-order valence-corrected chi connectivity index (χ1v) is 14.4. The van der Waals surface area contributed by atoms with Crippen LogP contribution in [0.3, 0.4) is 0 Å². The molecule has 0 bridgehead atoms. The Kier molecular flexibility index (Phi) is 13.1. The van der Waals surface area contributed by atoms with E-state index in [9.17, 15) is 0 Å². The highest BCUT2D eigenvalue weighted by atomic mass is 32.2. The Bertz CT molecular complexity index is 1070. The highest BCUT2D eigenvalue weighted by Crippen LogP contribution is 2.39. The van der Waals surface area contributed by atoms with E-state index in [1.807, 2.05) is 44.7 Å². The van der Waals surface area contributed by atoms with Crippen LogP contribution in [0.2, 0.25) is 0 Å². The van der Waals surface area contributed by atoms with Crippen LogP contribution in [0.5, 0.6) is 0 Å². The van der Waals surface area contributed by atoms with Gasteiger partial charge in [0, 0.05) is 22.1 Å². The summed E-state index contributed by atoms with van der Waals surface area (Å²) in [5, 5.41) is 8.06. The maximum atomic E-state index is 5.75. The molecule has 4 rings (SSSR count). The van der Waals surface area contributed by atoms with Crippen molar-refractivity contribution < 1.29 is 4.28 Å². The smallest absolute Gasteiger partial charge is 0.0952 e. The second-order valence-electron chi connectivity index (χ2n) is 8.61. The largest absolute Gasteiger partial charge is 0.321 e. The second-order valence-corrected chi connectivity index (χ2v) is 11.0. The normalized spacial score (nSPS) is 22.6. The maximum Gasteiger partial charge on any atom is 0.0952 e. The molecule has 0 radical (unpaired) electrons. The molecule has 0 saturated heterocycles. The summed E-state index contributed by atoms with van der Waals surface area (Å²) in [6.45, 7) is 16.2. The quantitative estimate of drug-likeness (QED) is 0.174. The molecule has 0 spiro atoms. The van der Waals surface area contributed by atoms with Gasteiger partial charge in [-0.15, -0.1) is 11.8 Å². The van der Waals surface area contributed by atoms with Gasteiger partial charge in [0.05, 0.1) is 23.0 Å². The molecule has 0 fully saturated rings. The second kappa shape index (κ2) is 15.7. The molecule has 3 atom stereocenters. The lowest BCUT2D eigenvalue weighted by atomic mass is 9.98. The van der Waals surface area contributed by atoms with E-state index < -0.39 is 0 Å². The molecule has 0 saturated carbocycles. The number of benzene rings is 2. The van der Waals surface area contributed by atoms with Gasteiger partial charge < -0.3 is 4.28 Å². The van der Waals surface area contributed by atoms with Crippen molar-refractivity contribution in [3.05, 3.63) is 90.6 Å². The number of rotatable bonds is 5. The number of thioether (sulfide) groups is 1. The Hall–Kier alpha value is -2.17. The monoisotopic (exact) mass is 507 g/mol. The van der Waals surface area contributed by atoms with Crippen molar-refractivity contribution in [1.29, 1.82) is 0 Å². The minimum absolute atomic E-state index is 0.419. The van der Waals surface area contributed by atoms with E-state index in [0.29, 0.717) is 16.4 Å². The van der Waals surface area contributed by atoms with Gasteiger partial charge in [0.1, 0.15) is 0 Å². The first-order valence-electron chi connectivity index (χ1n) is 12.7. The van der Waals surface area contributed by atoms with Crippen molar-refractivity contribution in [2.45, 2.75) is 76.2 Å². The van der Waals surface area contributed by atoms with Crippen LogP contribution in [0.4, 0.5) is 0 Å². The summed E-state index contributed by atoms with van der Waals surface area (Å²) in [4.78, 5) is 1.32. The number of fused-ring (bicyclic) bond motifs is 3. The summed E-state index contributed by atoms with van der Waals surface area (Å²) in [5.41, 5.74) is 3.61. The number of nitrogens with zero attached hydrogens (tertiary/aromatic N) is 1. The van der Waals surface area contributed by atoms with E-state index in [-0.39, 0.29) is 0 Å². The van der Waals surface area contributed by atoms with E-state index in [2.05, 4.69) is 87.1 Å². The third-order valence-electron chi connectivity index (χ3n) is 5.81. The predicted molar refractivity (Wildman–Crippen MR) is 161 cm³/mol. The van der Waals surface area contributed by atoms with Crippen LogP contribution in [-0.4, -0.2) is 16.2 Å². The van der Waals surface area contributed by atoms with Gasteiger partial charge in [-0.25, -0.2) is 0 Å². The van der Waals surface area contributed by atoms with E-state index in [0.717, 1.165) is 12.1 Å². The van der Waals surface area contributed by atoms with E-state index in [1.54, 1.807) is 6.08 Å². The molecule has 2 aliphatic rings. The molecule has 0 amide bonds. The zero-order chi connectivity index (χ0) is 25.6. The molecule has 3 unspecified atom stereocenters. The van der Waals surface area contributed by atoms with Crippen molar-refractivity contribution in [2.24, 2.45) is 11.1 Å². The summed E-state index contributed by atoms with van der Waals surface area (Å²) >= 11 is 3.43. The van der Waals surface area contributed by atoms with E-state index in [1.165, 1.54) is 51.7 Å². The minimum atomic E-state index is 0.419. The van der Waals surface area contributed by atoms with Gasteiger partial charge in [-0.1, -0.05) is 112 Å². The number of allylic oxidation sites excluding steroid dienone is 6. The van der Waals surface area contributed by atoms with Crippen molar-refractivity contribution in [1.82, 2.24) is 0 Å². The molecule has 2 nitrogen and oxygen atoms in total. The average Bonchev–Trinajstić information content (AvgIpc) is 2.89. The van der Waals surface area contributed by atoms with Crippen LogP contribution in [0, 0.1) is 5.92 Å². The topological polar surface area (TPSA) is 21.6 Å². The predicted octanol–water partition coefficient (Wildman–Crippen LogP) is 10.2. The summed E-state index contributed by atoms with van der Waals surface area (Å²) in [6.07, 6.45) is 15.7. The van der Waals surface area contributed by atoms with Crippen LogP contribution in [0.15, 0.2) is 95.1 Å². The maximum absolute atomic E-state index is 5.75. The van der Waals surface area contributed by atoms with Gasteiger partial charge in [-0.3, -0.25) is 0 Å². The van der Waals surface area contributed by atoms with Crippen molar-refractivity contribution in [3.8, 4) is 0 Å². The van der Waals surface area contributed by atoms with Crippen LogP contribution in [0.25, 0.3) is 10.8 Å². The highest BCUT2D eigenvalue weighted by molar-refractivity contribution is 8.00. The third kappa shape index (κ3) is 9.09. The fourth-order valence-corrected chi connectivity index (χ4v) is 5.61. The molecule has 1 aliphatic heterocycles. The number of oxime groups is 1. The van der Waals surface area contributed by atoms with Crippen LogP contribution >= 0.6 is 23.8 Å². The summed E-state index contributed by atoms with van der Waals surface area (Å²) in [5.74, 6) is 0.692. The Morgan fingerprint density at radius 2 is 1.89 bits per heavy atom. The van der Waals surface area contributed by atoms with E-state index in [4.69, 9.17) is 4.28 Å². The molecular formula is C31H41NOS2. The average molecular weight is 508 g/mol. The van der Waals surface area contributed by atoms with Crippen LogP contribution < -0.4 is 0 Å². The number of hydrogen-bond acceptors (Lipinski definition) is 4. The van der Waals surface area contributed by atoms with Crippen molar-refractivity contribution in [3.63, 3.8) is 0 Å². The summed E-state index contributed by atoms with van der Waals surface area (Å²) in [6, 6.07) is 13.0. The molecule has 35 heavy (non-hydrogen) atoms. The lowest BCUT2D eigenvalue weighted by molar-refractivity contribution is 0.398. The lowest BCUT2D eigenvalue weighted by Crippen LogP contribution is -2.16. The van der Waals surface area contributed by atoms with Crippen LogP contribution in [-0.2, 0) is 4.28 Å². The molecule has 0 aromatic heterocycles. The van der Waals surface area contributed by atoms with Gasteiger partial charge >= 0.3 is 0 Å². The molecule has 4 heteroatoms. The van der Waals surface area contributed by atoms with Crippen LogP contribution in [0.1, 0.15) is 66.4 Å². The minimum Gasteiger partial charge on any atom is -0.321 e. The Morgan fingerprint density at radius 3 is 2.57 bits per heavy atom. The molecule has 2 aromatic carbocycles. The Morgan fingerprint density at radius 1 is 1.11 bits per heavy atom. The van der Waals surface area contributed by atoms with Gasteiger partial charge in [0.2, 0.25) is 0 Å². The lowest BCUT2D eigenvalue weighted by Gasteiger charge is -2.24. The van der Waals surface area contributed by atoms with E-state index >= 15 is 0 Å². The Labute approximate surface area is 221 Å². The highest BCUT2D eigenvalue weighted by Gasteiger charge is 2.24. The van der Waals surface area contributed by atoms with Gasteiger partial charge in [0.25, 0.3) is 0 Å². The molecule has 2 aromatic rings. The zero-order valence-corrected chi connectivity index (χ0v) is 23.8. The summed E-state index contributed by atoms with van der Waals surface area (Å²) < 4.78 is 5.75. The first kappa shape index (κ1) is 29.1. The number of hydrogen-bond donors (Lipinski definition) is 0. The third-order valence-corrected chi connectivity index (χ3v) is 7.78. The standard InChI is InChI=1S/C21H23NOS2.C8H12.C2H6/c1-14-7-10-17(11-8-14)25-23-22-19-13-15(2)24-20-12-9-16-5-3-4-6-18(16)21(19)20;1-4-6-7-8(3)5-2;1-2/h3-7,9-10,12,14-15,17H,8,11,13H2,1-2H3;4-7H,1H2,2-3H3;1-2H3/b22-19+;7-6-,8-5+;. The molecular weight excluding hydrogens is 466 g/mol. The zero-order valence-electron chi connectivity index (χ0n) is 22.2. The fraction of sp³-hybridized carbons (Fsp3) is 0.387.